The highest BCUT2D eigenvalue weighted by molar-refractivity contribution is 7.89. The van der Waals surface area contributed by atoms with Gasteiger partial charge in [-0.3, -0.25) is 4.79 Å². The van der Waals surface area contributed by atoms with Crippen LogP contribution in [0.3, 0.4) is 0 Å². The Morgan fingerprint density at radius 2 is 1.84 bits per heavy atom. The fourth-order valence-electron chi connectivity index (χ4n) is 2.64. The largest absolute Gasteiger partial charge is 0.340 e. The van der Waals surface area contributed by atoms with Crippen molar-refractivity contribution in [3.63, 3.8) is 0 Å². The molecule has 1 aromatic rings. The summed E-state index contributed by atoms with van der Waals surface area (Å²) in [6, 6.07) is 6.77. The van der Waals surface area contributed by atoms with Crippen molar-refractivity contribution < 1.29 is 13.2 Å². The van der Waals surface area contributed by atoms with Crippen molar-refractivity contribution in [1.29, 1.82) is 0 Å². The second-order valence-corrected chi connectivity index (χ2v) is 8.16. The van der Waals surface area contributed by atoms with Gasteiger partial charge in [0.1, 0.15) is 0 Å². The van der Waals surface area contributed by atoms with Crippen LogP contribution >= 0.6 is 0 Å². The van der Waals surface area contributed by atoms with E-state index in [1.807, 2.05) is 23.8 Å². The van der Waals surface area contributed by atoms with Crippen molar-refractivity contribution >= 4 is 15.9 Å². The van der Waals surface area contributed by atoms with Gasteiger partial charge in [0.15, 0.2) is 0 Å². The Balaban J connectivity index is 1.70. The molecule has 0 radical (unpaired) electrons. The molecule has 0 aromatic heterocycles. The van der Waals surface area contributed by atoms with Crippen molar-refractivity contribution in [2.75, 3.05) is 52.9 Å². The van der Waals surface area contributed by atoms with Crippen LogP contribution in [0.1, 0.15) is 12.0 Å². The number of benzene rings is 1. The van der Waals surface area contributed by atoms with Crippen molar-refractivity contribution in [3.8, 4) is 0 Å². The standard InChI is InChI=1S/C17H28N4O3S/c1-15-3-5-16(6-4-15)25(23,24)19-10-12-20(2)11-7-17(22)21-13-8-18-9-14-21/h3-6,18-19H,7-14H2,1-2H3. The number of carbonyl (C=O) groups is 1. The van der Waals surface area contributed by atoms with Crippen LogP contribution in [0.15, 0.2) is 29.2 Å². The first-order valence-corrected chi connectivity index (χ1v) is 10.1. The van der Waals surface area contributed by atoms with Crippen LogP contribution in [0.4, 0.5) is 0 Å². The second kappa shape index (κ2) is 9.28. The molecule has 1 saturated heterocycles. The lowest BCUT2D eigenvalue weighted by Gasteiger charge is -2.28. The number of hydrogen-bond donors (Lipinski definition) is 2. The van der Waals surface area contributed by atoms with Crippen LogP contribution in [0.2, 0.25) is 0 Å². The normalized spacial score (nSPS) is 15.6. The van der Waals surface area contributed by atoms with Gasteiger partial charge in [-0.05, 0) is 26.1 Å². The van der Waals surface area contributed by atoms with Crippen LogP contribution in [0.25, 0.3) is 0 Å². The summed E-state index contributed by atoms with van der Waals surface area (Å²) in [6.07, 6.45) is 0.460. The molecule has 7 nitrogen and oxygen atoms in total. The molecule has 0 saturated carbocycles. The number of rotatable bonds is 8. The third-order valence-corrected chi connectivity index (χ3v) is 5.77. The Hall–Kier alpha value is -1.48. The van der Waals surface area contributed by atoms with Gasteiger partial charge < -0.3 is 15.1 Å². The summed E-state index contributed by atoms with van der Waals surface area (Å²) in [5.74, 6) is 0.161. The molecule has 1 aromatic carbocycles. The fourth-order valence-corrected chi connectivity index (χ4v) is 3.66. The summed E-state index contributed by atoms with van der Waals surface area (Å²) < 4.78 is 27.0. The average molecular weight is 369 g/mol. The quantitative estimate of drug-likeness (QED) is 0.676. The number of nitrogens with one attached hydrogen (secondary N) is 2. The van der Waals surface area contributed by atoms with E-state index in [-0.39, 0.29) is 10.8 Å². The average Bonchev–Trinajstić information content (AvgIpc) is 2.60. The Kier molecular flexibility index (Phi) is 7.37. The van der Waals surface area contributed by atoms with Gasteiger partial charge in [-0.15, -0.1) is 0 Å². The number of hydrogen-bond acceptors (Lipinski definition) is 5. The molecule has 25 heavy (non-hydrogen) atoms. The van der Waals surface area contributed by atoms with Crippen molar-refractivity contribution in [3.05, 3.63) is 29.8 Å². The highest BCUT2D eigenvalue weighted by Gasteiger charge is 2.17. The SMILES string of the molecule is Cc1ccc(S(=O)(=O)NCCN(C)CCC(=O)N2CCNCC2)cc1. The predicted molar refractivity (Wildman–Crippen MR) is 97.9 cm³/mol. The Morgan fingerprint density at radius 3 is 2.48 bits per heavy atom. The van der Waals surface area contributed by atoms with Crippen LogP contribution in [-0.4, -0.2) is 77.0 Å². The first-order chi connectivity index (χ1) is 11.9. The topological polar surface area (TPSA) is 81.8 Å². The zero-order valence-electron chi connectivity index (χ0n) is 15.0. The molecule has 140 valence electrons. The molecular weight excluding hydrogens is 340 g/mol. The van der Waals surface area contributed by atoms with Crippen LogP contribution < -0.4 is 10.0 Å². The number of nitrogens with zero attached hydrogens (tertiary/aromatic N) is 2. The number of piperazine rings is 1. The van der Waals surface area contributed by atoms with E-state index in [1.54, 1.807) is 24.3 Å². The Morgan fingerprint density at radius 1 is 1.20 bits per heavy atom. The fraction of sp³-hybridized carbons (Fsp3) is 0.588. The van der Waals surface area contributed by atoms with E-state index in [9.17, 15) is 13.2 Å². The summed E-state index contributed by atoms with van der Waals surface area (Å²) >= 11 is 0. The van der Waals surface area contributed by atoms with Gasteiger partial charge >= 0.3 is 0 Å². The minimum atomic E-state index is -3.48. The van der Waals surface area contributed by atoms with E-state index >= 15 is 0 Å². The van der Waals surface area contributed by atoms with Crippen LogP contribution in [-0.2, 0) is 14.8 Å². The minimum absolute atomic E-state index is 0.161. The molecule has 0 bridgehead atoms. The third-order valence-electron chi connectivity index (χ3n) is 4.29. The van der Waals surface area contributed by atoms with Gasteiger partial charge in [-0.2, -0.15) is 0 Å². The van der Waals surface area contributed by atoms with Gasteiger partial charge in [-0.25, -0.2) is 13.1 Å². The molecule has 2 N–H and O–H groups in total. The van der Waals surface area contributed by atoms with Gasteiger partial charge in [0.05, 0.1) is 4.90 Å². The maximum absolute atomic E-state index is 12.2. The lowest BCUT2D eigenvalue weighted by Crippen LogP contribution is -2.47. The Bertz CT molecular complexity index is 655. The summed E-state index contributed by atoms with van der Waals surface area (Å²) in [7, 11) is -1.59. The summed E-state index contributed by atoms with van der Waals surface area (Å²) in [4.78, 5) is 16.2. The van der Waals surface area contributed by atoms with Gasteiger partial charge in [-0.1, -0.05) is 17.7 Å². The highest BCUT2D eigenvalue weighted by Crippen LogP contribution is 2.09. The Labute approximate surface area is 150 Å². The van der Waals surface area contributed by atoms with E-state index in [2.05, 4.69) is 10.0 Å². The van der Waals surface area contributed by atoms with Crippen molar-refractivity contribution in [2.24, 2.45) is 0 Å². The molecule has 2 rings (SSSR count). The number of carbonyl (C=O) groups excluding carboxylic acids is 1. The smallest absolute Gasteiger partial charge is 0.240 e. The summed E-state index contributed by atoms with van der Waals surface area (Å²) in [5.41, 5.74) is 1.02. The molecule has 0 spiro atoms. The number of likely N-dealkylation sites (N-methyl/N-ethyl adjacent to an activating group) is 1. The van der Waals surface area contributed by atoms with E-state index in [0.717, 1.165) is 31.7 Å². The molecule has 0 unspecified atom stereocenters. The summed E-state index contributed by atoms with van der Waals surface area (Å²) in [6.45, 7) is 6.63. The lowest BCUT2D eigenvalue weighted by atomic mass is 10.2. The van der Waals surface area contributed by atoms with Crippen molar-refractivity contribution in [2.45, 2.75) is 18.2 Å². The minimum Gasteiger partial charge on any atom is -0.340 e. The monoisotopic (exact) mass is 368 g/mol. The van der Waals surface area contributed by atoms with E-state index < -0.39 is 10.0 Å². The van der Waals surface area contributed by atoms with Crippen LogP contribution in [0.5, 0.6) is 0 Å². The molecule has 0 atom stereocenters. The molecule has 1 aliphatic rings. The maximum Gasteiger partial charge on any atom is 0.240 e. The first-order valence-electron chi connectivity index (χ1n) is 8.62. The summed E-state index contributed by atoms with van der Waals surface area (Å²) in [5, 5.41) is 3.22. The molecule has 1 heterocycles. The van der Waals surface area contributed by atoms with Crippen LogP contribution in [0, 0.1) is 6.92 Å². The molecule has 1 aliphatic heterocycles. The lowest BCUT2D eigenvalue weighted by molar-refractivity contribution is -0.132. The third kappa shape index (κ3) is 6.39. The van der Waals surface area contributed by atoms with E-state index in [1.165, 1.54) is 0 Å². The number of aryl methyl sites for hydroxylation is 1. The van der Waals surface area contributed by atoms with Crippen molar-refractivity contribution in [1.82, 2.24) is 19.8 Å². The molecule has 1 amide bonds. The number of sulfonamides is 1. The van der Waals surface area contributed by atoms with Gasteiger partial charge in [0, 0.05) is 52.2 Å². The zero-order valence-corrected chi connectivity index (χ0v) is 15.8. The maximum atomic E-state index is 12.2. The van der Waals surface area contributed by atoms with Gasteiger partial charge in [0.25, 0.3) is 0 Å². The van der Waals surface area contributed by atoms with E-state index in [0.29, 0.717) is 26.1 Å². The number of amides is 1. The second-order valence-electron chi connectivity index (χ2n) is 6.39. The molecule has 1 fully saturated rings. The molecule has 8 heteroatoms. The van der Waals surface area contributed by atoms with E-state index in [4.69, 9.17) is 0 Å². The molecule has 0 aliphatic carbocycles. The predicted octanol–water partition coefficient (Wildman–Crippen LogP) is 0.0270. The van der Waals surface area contributed by atoms with Gasteiger partial charge in [0.2, 0.25) is 15.9 Å². The zero-order chi connectivity index (χ0) is 18.3. The highest BCUT2D eigenvalue weighted by atomic mass is 32.2. The molecular formula is C17H28N4O3S. The first kappa shape index (κ1) is 19.8.